The van der Waals surface area contributed by atoms with Crippen molar-refractivity contribution < 1.29 is 0 Å². The summed E-state index contributed by atoms with van der Waals surface area (Å²) in [6, 6.07) is 8.48. The Balaban J connectivity index is 0.000000364. The average Bonchev–Trinajstić information content (AvgIpc) is 2.03. The van der Waals surface area contributed by atoms with Gasteiger partial charge in [-0.25, -0.2) is 0 Å². The van der Waals surface area contributed by atoms with Crippen LogP contribution in [0.1, 0.15) is 5.56 Å². The summed E-state index contributed by atoms with van der Waals surface area (Å²) in [5.41, 5.74) is 11.8. The predicted octanol–water partition coefficient (Wildman–Crippen LogP) is 1.25. The summed E-state index contributed by atoms with van der Waals surface area (Å²) in [7, 11) is 4.09. The van der Waals surface area contributed by atoms with Crippen molar-refractivity contribution in [2.45, 2.75) is 6.92 Å². The minimum absolute atomic E-state index is 0.000000000000000222. The number of hydrogen-bond acceptors (Lipinski definition) is 2. The molecule has 0 radical (unpaired) electrons. The molecule has 14 heavy (non-hydrogen) atoms. The van der Waals surface area contributed by atoms with E-state index in [-0.39, 0.29) is 5.11 Å². The Morgan fingerprint density at radius 1 is 1.14 bits per heavy atom. The van der Waals surface area contributed by atoms with Gasteiger partial charge in [-0.1, -0.05) is 17.7 Å². The van der Waals surface area contributed by atoms with Crippen molar-refractivity contribution in [3.05, 3.63) is 29.8 Å². The van der Waals surface area contributed by atoms with E-state index >= 15 is 0 Å². The van der Waals surface area contributed by atoms with Crippen molar-refractivity contribution in [3.63, 3.8) is 0 Å². The van der Waals surface area contributed by atoms with Gasteiger partial charge in [-0.2, -0.15) is 0 Å². The first-order chi connectivity index (χ1) is 6.43. The first kappa shape index (κ1) is 12.7. The van der Waals surface area contributed by atoms with E-state index in [4.69, 9.17) is 0 Å². The zero-order valence-electron chi connectivity index (χ0n) is 8.82. The van der Waals surface area contributed by atoms with E-state index in [1.54, 1.807) is 0 Å². The van der Waals surface area contributed by atoms with Crippen molar-refractivity contribution in [1.82, 2.24) is 0 Å². The third-order valence-electron chi connectivity index (χ3n) is 1.55. The Kier molecular flexibility index (Phi) is 5.64. The van der Waals surface area contributed by atoms with Crippen molar-refractivity contribution in [2.75, 3.05) is 19.0 Å². The minimum Gasteiger partial charge on any atom is -0.378 e. The van der Waals surface area contributed by atoms with E-state index in [2.05, 4.69) is 59.8 Å². The van der Waals surface area contributed by atoms with Crippen LogP contribution in [-0.4, -0.2) is 19.2 Å². The Hall–Kier alpha value is -1.29. The van der Waals surface area contributed by atoms with E-state index in [9.17, 15) is 0 Å². The number of nitrogens with two attached hydrogens (primary N) is 2. The highest BCUT2D eigenvalue weighted by Gasteiger charge is 1.90. The molecule has 0 saturated heterocycles. The van der Waals surface area contributed by atoms with Crippen molar-refractivity contribution in [1.29, 1.82) is 0 Å². The second kappa shape index (κ2) is 6.21. The van der Waals surface area contributed by atoms with Gasteiger partial charge in [0.15, 0.2) is 5.11 Å². The molecule has 0 bridgehead atoms. The standard InChI is InChI=1S/C9H13N.CH4N2S/c1-8-4-6-9(7-5-8)10(2)3;2-1(3)4/h4-7H,1-3H3;(H4,2,3,4). The molecule has 4 N–H and O–H groups in total. The van der Waals surface area contributed by atoms with Gasteiger partial charge in [0.25, 0.3) is 0 Å². The van der Waals surface area contributed by atoms with Crippen molar-refractivity contribution in [2.24, 2.45) is 11.5 Å². The SMILES string of the molecule is Cc1ccc(N(C)C)cc1.NC(N)=S. The van der Waals surface area contributed by atoms with Crippen LogP contribution in [0.5, 0.6) is 0 Å². The third-order valence-corrected chi connectivity index (χ3v) is 1.55. The Morgan fingerprint density at radius 3 is 1.79 bits per heavy atom. The molecular weight excluding hydrogens is 194 g/mol. The van der Waals surface area contributed by atoms with Gasteiger partial charge in [0, 0.05) is 19.8 Å². The van der Waals surface area contributed by atoms with Gasteiger partial charge >= 0.3 is 0 Å². The van der Waals surface area contributed by atoms with Crippen LogP contribution in [0.25, 0.3) is 0 Å². The van der Waals surface area contributed by atoms with Crippen LogP contribution in [0, 0.1) is 6.92 Å². The molecule has 3 nitrogen and oxygen atoms in total. The topological polar surface area (TPSA) is 55.3 Å². The Bertz CT molecular complexity index is 276. The fraction of sp³-hybridized carbons (Fsp3) is 0.300. The van der Waals surface area contributed by atoms with Crippen LogP contribution in [0.4, 0.5) is 5.69 Å². The van der Waals surface area contributed by atoms with Crippen molar-refractivity contribution >= 4 is 23.0 Å². The molecule has 4 heteroatoms. The van der Waals surface area contributed by atoms with E-state index in [0.717, 1.165) is 0 Å². The summed E-state index contributed by atoms with van der Waals surface area (Å²) in [6.45, 7) is 2.10. The highest BCUT2D eigenvalue weighted by molar-refractivity contribution is 7.80. The molecule has 0 aliphatic rings. The first-order valence-corrected chi connectivity index (χ1v) is 4.63. The molecule has 0 aliphatic heterocycles. The molecular formula is C10H17N3S. The van der Waals surface area contributed by atoms with Gasteiger partial charge in [-0.05, 0) is 31.3 Å². The molecule has 0 amide bonds. The van der Waals surface area contributed by atoms with Crippen LogP contribution in [0.15, 0.2) is 24.3 Å². The molecule has 0 saturated carbocycles. The van der Waals surface area contributed by atoms with Crippen LogP contribution in [0.3, 0.4) is 0 Å². The van der Waals surface area contributed by atoms with Gasteiger partial charge in [0.2, 0.25) is 0 Å². The smallest absolute Gasteiger partial charge is 0.160 e. The number of benzene rings is 1. The number of nitrogens with zero attached hydrogens (tertiary/aromatic N) is 1. The van der Waals surface area contributed by atoms with Crippen LogP contribution in [0.2, 0.25) is 0 Å². The second-order valence-electron chi connectivity index (χ2n) is 3.13. The molecule has 1 rings (SSSR count). The molecule has 78 valence electrons. The quantitative estimate of drug-likeness (QED) is 0.686. The zero-order chi connectivity index (χ0) is 11.1. The lowest BCUT2D eigenvalue weighted by atomic mass is 10.2. The normalized spacial score (nSPS) is 8.50. The number of thiocarbonyl (C=S) groups is 1. The minimum atomic E-state index is 0.000000000000000222. The number of aryl methyl sites for hydroxylation is 1. The molecule has 1 aromatic rings. The predicted molar refractivity (Wildman–Crippen MR) is 66.5 cm³/mol. The lowest BCUT2D eigenvalue weighted by molar-refractivity contribution is 1.13. The summed E-state index contributed by atoms with van der Waals surface area (Å²) in [5, 5.41) is 0.000000000000000222. The summed E-state index contributed by atoms with van der Waals surface area (Å²) in [5.74, 6) is 0. The van der Waals surface area contributed by atoms with Gasteiger partial charge in [-0.15, -0.1) is 0 Å². The first-order valence-electron chi connectivity index (χ1n) is 4.22. The summed E-state index contributed by atoms with van der Waals surface area (Å²) in [6.07, 6.45) is 0. The van der Waals surface area contributed by atoms with Crippen LogP contribution < -0.4 is 16.4 Å². The molecule has 0 unspecified atom stereocenters. The van der Waals surface area contributed by atoms with Crippen LogP contribution in [-0.2, 0) is 0 Å². The summed E-state index contributed by atoms with van der Waals surface area (Å²) >= 11 is 4.09. The van der Waals surface area contributed by atoms with Crippen molar-refractivity contribution in [3.8, 4) is 0 Å². The van der Waals surface area contributed by atoms with E-state index in [1.807, 2.05) is 14.1 Å². The molecule has 0 spiro atoms. The lowest BCUT2D eigenvalue weighted by Crippen LogP contribution is -2.18. The lowest BCUT2D eigenvalue weighted by Gasteiger charge is -2.11. The third kappa shape index (κ3) is 6.25. The van der Waals surface area contributed by atoms with Gasteiger partial charge in [0.1, 0.15) is 0 Å². The Labute approximate surface area is 90.7 Å². The average molecular weight is 211 g/mol. The molecule has 0 atom stereocenters. The van der Waals surface area contributed by atoms with Gasteiger partial charge in [-0.3, -0.25) is 0 Å². The van der Waals surface area contributed by atoms with Gasteiger partial charge in [0.05, 0.1) is 0 Å². The second-order valence-corrected chi connectivity index (χ2v) is 3.60. The molecule has 1 aromatic carbocycles. The monoisotopic (exact) mass is 211 g/mol. The van der Waals surface area contributed by atoms with E-state index in [1.165, 1.54) is 11.3 Å². The highest BCUT2D eigenvalue weighted by Crippen LogP contribution is 2.10. The fourth-order valence-electron chi connectivity index (χ4n) is 0.843. The van der Waals surface area contributed by atoms with E-state index in [0.29, 0.717) is 0 Å². The molecule has 0 aliphatic carbocycles. The zero-order valence-corrected chi connectivity index (χ0v) is 9.64. The summed E-state index contributed by atoms with van der Waals surface area (Å²) < 4.78 is 0. The maximum atomic E-state index is 4.62. The summed E-state index contributed by atoms with van der Waals surface area (Å²) in [4.78, 5) is 2.10. The maximum absolute atomic E-state index is 4.62. The van der Waals surface area contributed by atoms with E-state index < -0.39 is 0 Å². The Morgan fingerprint density at radius 2 is 1.50 bits per heavy atom. The maximum Gasteiger partial charge on any atom is 0.160 e. The number of rotatable bonds is 1. The molecule has 0 fully saturated rings. The molecule has 0 aromatic heterocycles. The number of hydrogen-bond donors (Lipinski definition) is 2. The van der Waals surface area contributed by atoms with Gasteiger partial charge < -0.3 is 16.4 Å². The molecule has 0 heterocycles. The largest absolute Gasteiger partial charge is 0.378 e. The van der Waals surface area contributed by atoms with Crippen LogP contribution >= 0.6 is 12.2 Å². The fourth-order valence-corrected chi connectivity index (χ4v) is 0.843. The highest BCUT2D eigenvalue weighted by atomic mass is 32.1. The number of anilines is 1.